The molecular weight excluding hydrogens is 284 g/mol. The molecule has 1 fully saturated rings. The van der Waals surface area contributed by atoms with Crippen LogP contribution in [0.1, 0.15) is 11.8 Å². The van der Waals surface area contributed by atoms with Crippen molar-refractivity contribution in [3.63, 3.8) is 0 Å². The summed E-state index contributed by atoms with van der Waals surface area (Å²) in [6.45, 7) is -0.548. The first-order valence-corrected chi connectivity index (χ1v) is 5.93. The van der Waals surface area contributed by atoms with Gasteiger partial charge in [0, 0.05) is 12.3 Å². The van der Waals surface area contributed by atoms with E-state index in [9.17, 15) is 24.6 Å². The predicted octanol–water partition coefficient (Wildman–Crippen LogP) is -2.85. The van der Waals surface area contributed by atoms with Crippen molar-refractivity contribution in [2.24, 2.45) is 0 Å². The minimum atomic E-state index is -1.47. The first-order valence-electron chi connectivity index (χ1n) is 5.93. The molecule has 1 saturated heterocycles. The van der Waals surface area contributed by atoms with E-state index in [1.807, 2.05) is 10.7 Å². The van der Waals surface area contributed by atoms with Crippen molar-refractivity contribution in [1.29, 1.82) is 0 Å². The monoisotopic (exact) mass is 296 g/mol. The van der Waals surface area contributed by atoms with Gasteiger partial charge in [0.25, 0.3) is 5.56 Å². The van der Waals surface area contributed by atoms with Crippen LogP contribution >= 0.6 is 0 Å². The van der Waals surface area contributed by atoms with E-state index < -0.39 is 42.4 Å². The van der Waals surface area contributed by atoms with Gasteiger partial charge in [0.1, 0.15) is 18.3 Å². The van der Waals surface area contributed by atoms with E-state index in [1.54, 1.807) is 0 Å². The topological polar surface area (TPSA) is 142 Å². The number of nitrogens with one attached hydrogen (secondary N) is 1. The summed E-state index contributed by atoms with van der Waals surface area (Å²) in [4.78, 5) is 35.4. The van der Waals surface area contributed by atoms with Gasteiger partial charge in [-0.05, 0) is 5.73 Å². The second-order valence-corrected chi connectivity index (χ2v) is 4.37. The molecule has 0 unspecified atom stereocenters. The number of hydrogen-bond donors (Lipinski definition) is 4. The largest absolute Gasteiger partial charge is 0.394 e. The quantitative estimate of drug-likeness (QED) is 0.347. The molecule has 0 amide bonds. The van der Waals surface area contributed by atoms with Gasteiger partial charge in [-0.25, -0.2) is 9.59 Å². The molecule has 9 heteroatoms. The molecule has 0 bridgehead atoms. The van der Waals surface area contributed by atoms with E-state index in [0.717, 1.165) is 16.8 Å². The molecule has 0 saturated carbocycles. The van der Waals surface area contributed by atoms with Crippen molar-refractivity contribution in [3.05, 3.63) is 38.3 Å². The summed E-state index contributed by atoms with van der Waals surface area (Å²) in [5, 5.41) is 28.5. The number of aliphatic hydroxyl groups is 3. The molecule has 9 nitrogen and oxygen atoms in total. The molecule has 1 aromatic heterocycles. The third-order valence-electron chi connectivity index (χ3n) is 3.07. The molecular formula is C12H12N2O7. The van der Waals surface area contributed by atoms with Crippen molar-refractivity contribution in [3.8, 4) is 0 Å². The number of aromatic nitrogens is 2. The Morgan fingerprint density at radius 1 is 1.38 bits per heavy atom. The number of hydrogen-bond acceptors (Lipinski definition) is 7. The number of carbonyl (C=O) groups excluding carboxylic acids is 1. The molecule has 2 heterocycles. The van der Waals surface area contributed by atoms with Gasteiger partial charge in [-0.15, -0.1) is 0 Å². The fraction of sp³-hybridized carbons (Fsp3) is 0.417. The Balaban J connectivity index is 2.50. The van der Waals surface area contributed by atoms with Crippen molar-refractivity contribution in [2.45, 2.75) is 24.5 Å². The average Bonchev–Trinajstić information content (AvgIpc) is 2.74. The Morgan fingerprint density at radius 2 is 2.10 bits per heavy atom. The van der Waals surface area contributed by atoms with E-state index in [0.29, 0.717) is 0 Å². The summed E-state index contributed by atoms with van der Waals surface area (Å²) < 4.78 is 6.03. The minimum Gasteiger partial charge on any atom is -0.394 e. The van der Waals surface area contributed by atoms with Crippen LogP contribution in [0.4, 0.5) is 0 Å². The molecule has 4 atom stereocenters. The summed E-state index contributed by atoms with van der Waals surface area (Å²) in [5.41, 5.74) is 0.305. The Kier molecular flexibility index (Phi) is 4.35. The molecule has 1 aliphatic heterocycles. The van der Waals surface area contributed by atoms with Gasteiger partial charge in [-0.3, -0.25) is 14.3 Å². The van der Waals surface area contributed by atoms with Crippen LogP contribution in [0.15, 0.2) is 21.5 Å². The Bertz CT molecular complexity index is 724. The molecule has 2 rings (SSSR count). The minimum absolute atomic E-state index is 0.0873. The Morgan fingerprint density at radius 3 is 2.67 bits per heavy atom. The van der Waals surface area contributed by atoms with Gasteiger partial charge < -0.3 is 20.1 Å². The zero-order chi connectivity index (χ0) is 15.6. The molecule has 4 N–H and O–H groups in total. The smallest absolute Gasteiger partial charge is 0.330 e. The normalized spacial score (nSPS) is 28.0. The number of rotatable bonds is 3. The lowest BCUT2D eigenvalue weighted by Gasteiger charge is -2.17. The second-order valence-electron chi connectivity index (χ2n) is 4.37. The first kappa shape index (κ1) is 15.1. The molecule has 1 aromatic rings. The van der Waals surface area contributed by atoms with Gasteiger partial charge in [0.2, 0.25) is 0 Å². The fourth-order valence-electron chi connectivity index (χ4n) is 2.01. The Labute approximate surface area is 117 Å². The fourth-order valence-corrected chi connectivity index (χ4v) is 2.01. The third kappa shape index (κ3) is 2.79. The van der Waals surface area contributed by atoms with Crippen LogP contribution in [0.5, 0.6) is 0 Å². The van der Waals surface area contributed by atoms with Crippen molar-refractivity contribution < 1.29 is 24.9 Å². The highest BCUT2D eigenvalue weighted by molar-refractivity contribution is 5.57. The summed E-state index contributed by atoms with van der Waals surface area (Å²) in [5.74, 6) is 1.33. The average molecular weight is 296 g/mol. The first-order chi connectivity index (χ1) is 9.99. The van der Waals surface area contributed by atoms with Crippen LogP contribution in [-0.2, 0) is 9.53 Å². The molecule has 0 spiro atoms. The SMILES string of the molecule is O=C=C=Cc1cn([C@@H]2O[C@H](CO)[C@@H](O)[C@H]2O)c(=O)[nH]c1=O. The molecule has 112 valence electrons. The van der Waals surface area contributed by atoms with E-state index in [4.69, 9.17) is 9.84 Å². The molecule has 0 aliphatic carbocycles. The van der Waals surface area contributed by atoms with Gasteiger partial charge in [-0.1, -0.05) is 0 Å². The van der Waals surface area contributed by atoms with Crippen LogP contribution in [-0.4, -0.2) is 55.7 Å². The lowest BCUT2D eigenvalue weighted by Crippen LogP contribution is -2.38. The number of nitrogens with zero attached hydrogens (tertiary/aromatic N) is 1. The highest BCUT2D eigenvalue weighted by Gasteiger charge is 2.43. The number of H-pyrrole nitrogens is 1. The molecule has 1 aliphatic rings. The zero-order valence-corrected chi connectivity index (χ0v) is 10.6. The van der Waals surface area contributed by atoms with Crippen LogP contribution in [0, 0.1) is 0 Å². The standard InChI is InChI=1S/C12H12N2O7/c15-3-1-2-6-4-14(12(20)13-10(6)19)11-9(18)8(17)7(5-16)21-11/h2,4,7-9,11,16-18H,5H2,(H,13,19,20)/t7-,8-,9-,11-/m1/s1. The van der Waals surface area contributed by atoms with E-state index in [-0.39, 0.29) is 5.56 Å². The zero-order valence-electron chi connectivity index (χ0n) is 10.6. The molecule has 0 aromatic carbocycles. The van der Waals surface area contributed by atoms with Crippen LogP contribution in [0.3, 0.4) is 0 Å². The lowest BCUT2D eigenvalue weighted by molar-refractivity contribution is -0.0550. The van der Waals surface area contributed by atoms with Gasteiger partial charge >= 0.3 is 5.69 Å². The van der Waals surface area contributed by atoms with Crippen LogP contribution < -0.4 is 11.2 Å². The second kappa shape index (κ2) is 6.02. The predicted molar refractivity (Wildman–Crippen MR) is 68.0 cm³/mol. The van der Waals surface area contributed by atoms with Crippen molar-refractivity contribution in [1.82, 2.24) is 9.55 Å². The van der Waals surface area contributed by atoms with Gasteiger partial charge in [-0.2, -0.15) is 0 Å². The highest BCUT2D eigenvalue weighted by atomic mass is 16.6. The molecule has 0 radical (unpaired) electrons. The van der Waals surface area contributed by atoms with Crippen LogP contribution in [0.2, 0.25) is 0 Å². The lowest BCUT2D eigenvalue weighted by atomic mass is 10.1. The van der Waals surface area contributed by atoms with Gasteiger partial charge in [0.05, 0.1) is 12.2 Å². The number of aliphatic hydroxyl groups excluding tert-OH is 3. The third-order valence-corrected chi connectivity index (χ3v) is 3.07. The summed E-state index contributed by atoms with van der Waals surface area (Å²) in [6, 6.07) is 0. The van der Waals surface area contributed by atoms with Gasteiger partial charge in [0.15, 0.2) is 12.2 Å². The van der Waals surface area contributed by atoms with E-state index in [1.165, 1.54) is 5.94 Å². The summed E-state index contributed by atoms with van der Waals surface area (Å²) >= 11 is 0. The van der Waals surface area contributed by atoms with Crippen molar-refractivity contribution >= 4 is 12.0 Å². The van der Waals surface area contributed by atoms with E-state index >= 15 is 0 Å². The molecule has 21 heavy (non-hydrogen) atoms. The van der Waals surface area contributed by atoms with E-state index in [2.05, 4.69) is 0 Å². The number of aromatic amines is 1. The highest BCUT2D eigenvalue weighted by Crippen LogP contribution is 2.27. The number of ether oxygens (including phenoxy) is 1. The summed E-state index contributed by atoms with van der Waals surface area (Å²) in [7, 11) is 0. The maximum atomic E-state index is 11.8. The Hall–Kier alpha value is -2.25. The van der Waals surface area contributed by atoms with Crippen molar-refractivity contribution in [2.75, 3.05) is 6.61 Å². The summed E-state index contributed by atoms with van der Waals surface area (Å²) in [6.07, 6.45) is -3.14. The maximum Gasteiger partial charge on any atom is 0.330 e. The van der Waals surface area contributed by atoms with Crippen LogP contribution in [0.25, 0.3) is 6.08 Å². The maximum absolute atomic E-state index is 11.8.